The van der Waals surface area contributed by atoms with Gasteiger partial charge in [0.25, 0.3) is 0 Å². The highest BCUT2D eigenvalue weighted by Crippen LogP contribution is 2.29. The molecule has 3 aromatic rings. The third-order valence-corrected chi connectivity index (χ3v) is 4.87. The average Bonchev–Trinajstić information content (AvgIpc) is 2.90. The Labute approximate surface area is 138 Å². The molecule has 0 unspecified atom stereocenters. The highest BCUT2D eigenvalue weighted by Gasteiger charge is 2.06. The molecule has 0 bridgehead atoms. The van der Waals surface area contributed by atoms with Crippen LogP contribution in [0.15, 0.2) is 58.4 Å². The van der Waals surface area contributed by atoms with Crippen LogP contribution in [0.5, 0.6) is 0 Å². The zero-order chi connectivity index (χ0) is 13.2. The SMILES string of the molecule is Brc1ccc(-c2nc(-c3ccc(I)cc3)cs2)cc1. The van der Waals surface area contributed by atoms with Crippen molar-refractivity contribution in [2.24, 2.45) is 0 Å². The summed E-state index contributed by atoms with van der Waals surface area (Å²) < 4.78 is 2.33. The summed E-state index contributed by atoms with van der Waals surface area (Å²) in [5.74, 6) is 0. The molecule has 1 nitrogen and oxygen atoms in total. The van der Waals surface area contributed by atoms with Gasteiger partial charge in [-0.05, 0) is 46.9 Å². The number of hydrogen-bond donors (Lipinski definition) is 0. The average molecular weight is 442 g/mol. The van der Waals surface area contributed by atoms with Gasteiger partial charge in [-0.15, -0.1) is 11.3 Å². The van der Waals surface area contributed by atoms with Crippen molar-refractivity contribution in [3.8, 4) is 21.8 Å². The minimum atomic E-state index is 1.04. The van der Waals surface area contributed by atoms with Crippen LogP contribution in [-0.4, -0.2) is 4.98 Å². The Kier molecular flexibility index (Phi) is 4.00. The van der Waals surface area contributed by atoms with Gasteiger partial charge < -0.3 is 0 Å². The van der Waals surface area contributed by atoms with E-state index in [9.17, 15) is 0 Å². The first-order valence-electron chi connectivity index (χ1n) is 5.70. The second kappa shape index (κ2) is 5.73. The van der Waals surface area contributed by atoms with E-state index < -0.39 is 0 Å². The number of thiazole rings is 1. The van der Waals surface area contributed by atoms with E-state index in [0.717, 1.165) is 20.7 Å². The van der Waals surface area contributed by atoms with Crippen LogP contribution >= 0.6 is 49.9 Å². The van der Waals surface area contributed by atoms with Crippen molar-refractivity contribution >= 4 is 49.9 Å². The molecule has 0 aliphatic rings. The van der Waals surface area contributed by atoms with Gasteiger partial charge in [0.15, 0.2) is 0 Å². The number of hydrogen-bond acceptors (Lipinski definition) is 2. The molecule has 0 saturated carbocycles. The van der Waals surface area contributed by atoms with E-state index in [1.54, 1.807) is 11.3 Å². The summed E-state index contributed by atoms with van der Waals surface area (Å²) in [6.45, 7) is 0. The van der Waals surface area contributed by atoms with Gasteiger partial charge >= 0.3 is 0 Å². The fourth-order valence-electron chi connectivity index (χ4n) is 1.75. The van der Waals surface area contributed by atoms with Crippen LogP contribution in [0.3, 0.4) is 0 Å². The lowest BCUT2D eigenvalue weighted by molar-refractivity contribution is 1.40. The molecule has 94 valence electrons. The van der Waals surface area contributed by atoms with E-state index in [1.165, 1.54) is 9.13 Å². The summed E-state index contributed by atoms with van der Waals surface area (Å²) >= 11 is 7.44. The Morgan fingerprint density at radius 1 is 0.895 bits per heavy atom. The molecule has 1 aromatic heterocycles. The zero-order valence-electron chi connectivity index (χ0n) is 9.81. The van der Waals surface area contributed by atoms with Gasteiger partial charge in [-0.3, -0.25) is 0 Å². The number of benzene rings is 2. The Morgan fingerprint density at radius 2 is 1.53 bits per heavy atom. The first-order valence-corrected chi connectivity index (χ1v) is 8.45. The van der Waals surface area contributed by atoms with E-state index >= 15 is 0 Å². The molecule has 0 amide bonds. The maximum atomic E-state index is 4.71. The van der Waals surface area contributed by atoms with Crippen molar-refractivity contribution in [3.63, 3.8) is 0 Å². The molecule has 0 atom stereocenters. The van der Waals surface area contributed by atoms with E-state index in [2.05, 4.69) is 80.3 Å². The molecular weight excluding hydrogens is 433 g/mol. The molecule has 0 spiro atoms. The first-order chi connectivity index (χ1) is 9.22. The fourth-order valence-corrected chi connectivity index (χ4v) is 3.21. The first kappa shape index (κ1) is 13.3. The predicted octanol–water partition coefficient (Wildman–Crippen LogP) is 5.84. The second-order valence-corrected chi connectivity index (χ2v) is 7.07. The number of nitrogens with zero attached hydrogens (tertiary/aromatic N) is 1. The van der Waals surface area contributed by atoms with Crippen LogP contribution in [0.4, 0.5) is 0 Å². The molecule has 1 heterocycles. The Hall–Kier alpha value is -0.720. The number of rotatable bonds is 2. The predicted molar refractivity (Wildman–Crippen MR) is 93.4 cm³/mol. The van der Waals surface area contributed by atoms with E-state index in [4.69, 9.17) is 4.98 Å². The summed E-state index contributed by atoms with van der Waals surface area (Å²) in [5.41, 5.74) is 3.37. The molecule has 0 radical (unpaired) electrons. The van der Waals surface area contributed by atoms with Crippen molar-refractivity contribution < 1.29 is 0 Å². The number of aromatic nitrogens is 1. The third-order valence-electron chi connectivity index (χ3n) is 2.74. The minimum absolute atomic E-state index is 1.04. The van der Waals surface area contributed by atoms with Crippen molar-refractivity contribution in [1.82, 2.24) is 4.98 Å². The quantitative estimate of drug-likeness (QED) is 0.455. The topological polar surface area (TPSA) is 12.9 Å². The third kappa shape index (κ3) is 3.07. The largest absolute Gasteiger partial charge is 0.236 e. The maximum absolute atomic E-state index is 4.71. The molecule has 3 rings (SSSR count). The van der Waals surface area contributed by atoms with Gasteiger partial charge in [0.1, 0.15) is 5.01 Å². The van der Waals surface area contributed by atoms with Gasteiger partial charge in [-0.2, -0.15) is 0 Å². The molecular formula is C15H9BrINS. The smallest absolute Gasteiger partial charge is 0.124 e. The van der Waals surface area contributed by atoms with Crippen LogP contribution < -0.4 is 0 Å². The summed E-state index contributed by atoms with van der Waals surface area (Å²) in [6, 6.07) is 16.7. The monoisotopic (exact) mass is 441 g/mol. The van der Waals surface area contributed by atoms with Crippen LogP contribution in [0.25, 0.3) is 21.8 Å². The summed E-state index contributed by atoms with van der Waals surface area (Å²) in [4.78, 5) is 4.71. The highest BCUT2D eigenvalue weighted by molar-refractivity contribution is 14.1. The molecule has 0 saturated heterocycles. The van der Waals surface area contributed by atoms with Crippen molar-refractivity contribution in [2.75, 3.05) is 0 Å². The molecule has 4 heteroatoms. The molecule has 0 aliphatic carbocycles. The van der Waals surface area contributed by atoms with Crippen molar-refractivity contribution in [2.45, 2.75) is 0 Å². The fraction of sp³-hybridized carbons (Fsp3) is 0. The summed E-state index contributed by atoms with van der Waals surface area (Å²) in [6.07, 6.45) is 0. The number of halogens is 2. The lowest BCUT2D eigenvalue weighted by Gasteiger charge is -1.98. The van der Waals surface area contributed by atoms with Gasteiger partial charge in [-0.25, -0.2) is 4.98 Å². The van der Waals surface area contributed by atoms with Crippen LogP contribution in [0.2, 0.25) is 0 Å². The minimum Gasteiger partial charge on any atom is -0.236 e. The lowest BCUT2D eigenvalue weighted by Crippen LogP contribution is -1.80. The van der Waals surface area contributed by atoms with Gasteiger partial charge in [0.05, 0.1) is 5.69 Å². The van der Waals surface area contributed by atoms with Gasteiger partial charge in [0.2, 0.25) is 0 Å². The van der Waals surface area contributed by atoms with Crippen LogP contribution in [-0.2, 0) is 0 Å². The highest BCUT2D eigenvalue weighted by atomic mass is 127. The molecule has 0 fully saturated rings. The van der Waals surface area contributed by atoms with E-state index in [-0.39, 0.29) is 0 Å². The Balaban J connectivity index is 1.95. The Bertz CT molecular complexity index is 629. The van der Waals surface area contributed by atoms with Crippen molar-refractivity contribution in [3.05, 3.63) is 62.0 Å². The normalized spacial score (nSPS) is 10.6. The standard InChI is InChI=1S/C15H9BrINS/c16-12-5-1-11(2-6-12)15-18-14(9-19-15)10-3-7-13(17)8-4-10/h1-9H. The van der Waals surface area contributed by atoms with Gasteiger partial charge in [0, 0.05) is 24.5 Å². The van der Waals surface area contributed by atoms with E-state index in [1.807, 2.05) is 12.1 Å². The molecule has 0 N–H and O–H groups in total. The molecule has 19 heavy (non-hydrogen) atoms. The summed E-state index contributed by atoms with van der Waals surface area (Å²) in [7, 11) is 0. The zero-order valence-corrected chi connectivity index (χ0v) is 14.4. The Morgan fingerprint density at radius 3 is 2.21 bits per heavy atom. The van der Waals surface area contributed by atoms with E-state index in [0.29, 0.717) is 0 Å². The van der Waals surface area contributed by atoms with Crippen LogP contribution in [0.1, 0.15) is 0 Å². The lowest BCUT2D eigenvalue weighted by atomic mass is 10.2. The molecule has 0 aliphatic heterocycles. The molecule has 2 aromatic carbocycles. The maximum Gasteiger partial charge on any atom is 0.124 e. The van der Waals surface area contributed by atoms with Crippen LogP contribution in [0, 0.1) is 3.57 Å². The van der Waals surface area contributed by atoms with Gasteiger partial charge in [-0.1, -0.05) is 40.2 Å². The summed E-state index contributed by atoms with van der Waals surface area (Å²) in [5, 5.41) is 3.17. The van der Waals surface area contributed by atoms with Crippen molar-refractivity contribution in [1.29, 1.82) is 0 Å². The second-order valence-electron chi connectivity index (χ2n) is 4.05.